The van der Waals surface area contributed by atoms with E-state index in [9.17, 15) is 0 Å². The molecule has 1 rings (SSSR count). The van der Waals surface area contributed by atoms with Crippen LogP contribution >= 0.6 is 47.0 Å². The molecule has 0 bridgehead atoms. The second-order valence-electron chi connectivity index (χ2n) is 2.97. The van der Waals surface area contributed by atoms with Gasteiger partial charge in [-0.25, -0.2) is 0 Å². The van der Waals surface area contributed by atoms with E-state index in [4.69, 9.17) is 0 Å². The molecule has 76 valence electrons. The molecule has 0 nitrogen and oxygen atoms in total. The number of aryl methyl sites for hydroxylation is 1. The fourth-order valence-corrected chi connectivity index (χ4v) is 2.38. The Bertz CT molecular complexity index is 228. The van der Waals surface area contributed by atoms with E-state index < -0.39 is 0 Å². The molecular formula is C10H14BrISZn. The first-order valence-electron chi connectivity index (χ1n) is 4.75. The van der Waals surface area contributed by atoms with E-state index in [1.54, 1.807) is 11.3 Å². The van der Waals surface area contributed by atoms with Gasteiger partial charge < -0.3 is 0 Å². The van der Waals surface area contributed by atoms with E-state index in [2.05, 4.69) is 54.1 Å². The van der Waals surface area contributed by atoms with Crippen LogP contribution in [0.1, 0.15) is 38.2 Å². The average Bonchev–Trinajstić information content (AvgIpc) is 2.62. The Balaban J connectivity index is 0.000000791. The maximum atomic E-state index is 3.52. The van der Waals surface area contributed by atoms with Gasteiger partial charge in [-0.15, -0.1) is 21.3 Å². The van der Waals surface area contributed by atoms with Gasteiger partial charge in [0, 0.05) is 0 Å². The fraction of sp³-hybridized carbons (Fsp3) is 0.600. The second kappa shape index (κ2) is 11.0. The van der Waals surface area contributed by atoms with Crippen molar-refractivity contribution in [1.29, 1.82) is 0 Å². The zero-order chi connectivity index (χ0) is 10.8. The molecule has 1 aromatic rings. The van der Waals surface area contributed by atoms with Crippen LogP contribution in [0.3, 0.4) is 0 Å². The summed E-state index contributed by atoms with van der Waals surface area (Å²) in [6, 6.07) is 2.10. The summed E-state index contributed by atoms with van der Waals surface area (Å²) in [5, 5.41) is 3.13. The molecule has 0 spiro atoms. The Labute approximate surface area is 120 Å². The van der Waals surface area contributed by atoms with Gasteiger partial charge >= 0.3 is 34.5 Å². The number of thiophene rings is 1. The first-order valence-corrected chi connectivity index (χ1v) is 15.4. The Morgan fingerprint density at radius 3 is 2.64 bits per heavy atom. The molecule has 0 unspecified atom stereocenters. The van der Waals surface area contributed by atoms with Gasteiger partial charge in [0.05, 0.1) is 0 Å². The Morgan fingerprint density at radius 2 is 2.14 bits per heavy atom. The number of rotatable bonds is 5. The van der Waals surface area contributed by atoms with Crippen LogP contribution in [0, 0.1) is 5.38 Å². The minimum absolute atomic E-state index is 1.21. The van der Waals surface area contributed by atoms with Crippen molar-refractivity contribution in [3.8, 4) is 0 Å². The summed E-state index contributed by atoms with van der Waals surface area (Å²) >= 11 is 8.80. The van der Waals surface area contributed by atoms with E-state index in [-0.39, 0.29) is 0 Å². The summed E-state index contributed by atoms with van der Waals surface area (Å²) in [7, 11) is 0. The summed E-state index contributed by atoms with van der Waals surface area (Å²) < 4.78 is 1.26. The van der Waals surface area contributed by atoms with E-state index in [1.807, 2.05) is 0 Å². The van der Waals surface area contributed by atoms with Crippen LogP contribution in [0.15, 0.2) is 9.85 Å². The quantitative estimate of drug-likeness (QED) is 0.253. The van der Waals surface area contributed by atoms with Crippen molar-refractivity contribution in [2.45, 2.75) is 39.0 Å². The van der Waals surface area contributed by atoms with Crippen molar-refractivity contribution in [3.63, 3.8) is 0 Å². The summed E-state index contributed by atoms with van der Waals surface area (Å²) in [5.74, 6) is 0. The van der Waals surface area contributed by atoms with Crippen molar-refractivity contribution < 1.29 is 14.8 Å². The van der Waals surface area contributed by atoms with E-state index in [0.29, 0.717) is 0 Å². The molecule has 0 N–H and O–H groups in total. The maximum absolute atomic E-state index is 3.52. The first kappa shape index (κ1) is 15.5. The molecule has 0 saturated heterocycles. The van der Waals surface area contributed by atoms with Gasteiger partial charge in [0.2, 0.25) is 0 Å². The van der Waals surface area contributed by atoms with Crippen LogP contribution in [-0.4, -0.2) is 0 Å². The van der Waals surface area contributed by atoms with Crippen LogP contribution in [0.25, 0.3) is 0 Å². The third kappa shape index (κ3) is 6.92. The summed E-state index contributed by atoms with van der Waals surface area (Å²) in [4.78, 5) is 0. The average molecular weight is 438 g/mol. The van der Waals surface area contributed by atoms with Crippen LogP contribution in [0.4, 0.5) is 0 Å². The van der Waals surface area contributed by atoms with Crippen LogP contribution < -0.4 is 0 Å². The van der Waals surface area contributed by atoms with Crippen molar-refractivity contribution in [1.82, 2.24) is 0 Å². The van der Waals surface area contributed by atoms with E-state index in [1.165, 1.54) is 56.2 Å². The molecule has 0 aromatic carbocycles. The third-order valence-electron chi connectivity index (χ3n) is 1.93. The molecule has 1 aromatic heterocycles. The van der Waals surface area contributed by atoms with Crippen molar-refractivity contribution in [2.75, 3.05) is 0 Å². The number of halogens is 2. The number of unbranched alkanes of at least 4 members (excludes halogenated alkanes) is 3. The first-order chi connectivity index (χ1) is 6.84. The van der Waals surface area contributed by atoms with Crippen molar-refractivity contribution in [3.05, 3.63) is 20.8 Å². The molecule has 0 radical (unpaired) electrons. The predicted octanol–water partition coefficient (Wildman–Crippen LogP) is 5.32. The van der Waals surface area contributed by atoms with Crippen LogP contribution in [-0.2, 0) is 21.2 Å². The van der Waals surface area contributed by atoms with Crippen molar-refractivity contribution >= 4 is 47.0 Å². The summed E-state index contributed by atoms with van der Waals surface area (Å²) in [5.41, 5.74) is 1.43. The van der Waals surface area contributed by atoms with E-state index >= 15 is 0 Å². The van der Waals surface area contributed by atoms with Gasteiger partial charge in [0.25, 0.3) is 0 Å². The predicted molar refractivity (Wildman–Crippen MR) is 72.7 cm³/mol. The van der Waals surface area contributed by atoms with E-state index in [0.717, 1.165) is 0 Å². The van der Waals surface area contributed by atoms with Gasteiger partial charge in [-0.2, -0.15) is 11.6 Å². The fourth-order valence-electron chi connectivity index (χ4n) is 1.19. The van der Waals surface area contributed by atoms with Crippen LogP contribution in [0.5, 0.6) is 0 Å². The molecule has 0 atom stereocenters. The molecule has 0 aliphatic carbocycles. The summed E-state index contributed by atoms with van der Waals surface area (Å²) in [6.45, 7) is 2.24. The molecule has 0 aliphatic rings. The zero-order valence-electron chi connectivity index (χ0n) is 8.48. The summed E-state index contributed by atoms with van der Waals surface area (Å²) in [6.07, 6.45) is 6.57. The van der Waals surface area contributed by atoms with Gasteiger partial charge in [-0.3, -0.25) is 11.3 Å². The van der Waals surface area contributed by atoms with Gasteiger partial charge in [-0.05, 0) is 0 Å². The standard InChI is InChI=1S/C10H14BrS.HI.Zn/c1-2-3-4-5-6-9-7-8-12-10(9)11;;/h7H,2-6H2,1H3;1H;/q-1;;+2/p-1. The van der Waals surface area contributed by atoms with Crippen LogP contribution in [0.2, 0.25) is 0 Å². The Morgan fingerprint density at radius 1 is 1.43 bits per heavy atom. The SMILES string of the molecule is CCCCCCc1c[c-]sc1Br.[Zn+][I]. The topological polar surface area (TPSA) is 0 Å². The third-order valence-corrected chi connectivity index (χ3v) is 3.61. The van der Waals surface area contributed by atoms with Gasteiger partial charge in [0.15, 0.2) is 0 Å². The molecular weight excluding hydrogens is 424 g/mol. The molecule has 1 heterocycles. The zero-order valence-corrected chi connectivity index (χ0v) is 16.0. The van der Waals surface area contributed by atoms with Gasteiger partial charge in [-0.1, -0.05) is 42.8 Å². The normalized spacial score (nSPS) is 9.50. The molecule has 0 saturated carbocycles. The molecule has 0 fully saturated rings. The monoisotopic (exact) mass is 436 g/mol. The second-order valence-corrected chi connectivity index (χ2v) is 5.14. The Hall–Kier alpha value is 1.53. The molecule has 14 heavy (non-hydrogen) atoms. The minimum atomic E-state index is 1.21. The number of hydrogen-bond donors (Lipinski definition) is 0. The molecule has 0 aliphatic heterocycles. The Kier molecular flexibility index (Phi) is 12.2. The molecule has 0 amide bonds. The van der Waals surface area contributed by atoms with Crippen molar-refractivity contribution in [2.24, 2.45) is 0 Å². The number of hydrogen-bond acceptors (Lipinski definition) is 1. The molecule has 4 heteroatoms. The van der Waals surface area contributed by atoms with Gasteiger partial charge in [0.1, 0.15) is 0 Å².